The monoisotopic (exact) mass is 408 g/mol. The molecule has 1 amide bonds. The van der Waals surface area contributed by atoms with Crippen LogP contribution in [-0.2, 0) is 9.63 Å². The maximum Gasteiger partial charge on any atom is 0.410 e. The minimum atomic E-state index is -4.44. The number of nitrogens with zero attached hydrogens (tertiary/aromatic N) is 4. The van der Waals surface area contributed by atoms with E-state index in [1.807, 2.05) is 12.1 Å². The van der Waals surface area contributed by atoms with E-state index in [0.29, 0.717) is 22.7 Å². The van der Waals surface area contributed by atoms with Gasteiger partial charge in [0.25, 0.3) is 5.91 Å². The van der Waals surface area contributed by atoms with Crippen LogP contribution >= 0.6 is 0 Å². The van der Waals surface area contributed by atoms with Gasteiger partial charge in [0.2, 0.25) is 6.10 Å². The van der Waals surface area contributed by atoms with E-state index in [1.54, 1.807) is 19.1 Å². The molecule has 7 nitrogen and oxygen atoms in total. The lowest BCUT2D eigenvalue weighted by Crippen LogP contribution is -2.47. The van der Waals surface area contributed by atoms with Crippen molar-refractivity contribution in [2.45, 2.75) is 38.1 Å². The fourth-order valence-corrected chi connectivity index (χ4v) is 3.67. The summed E-state index contributed by atoms with van der Waals surface area (Å²) in [6, 6.07) is 6.94. The van der Waals surface area contributed by atoms with Crippen molar-refractivity contribution in [1.29, 1.82) is 0 Å². The minimum absolute atomic E-state index is 0.0714. The Labute approximate surface area is 164 Å². The Morgan fingerprint density at radius 1 is 1.31 bits per heavy atom. The van der Waals surface area contributed by atoms with Crippen molar-refractivity contribution in [2.75, 3.05) is 18.6 Å². The highest BCUT2D eigenvalue weighted by atomic mass is 19.4. The van der Waals surface area contributed by atoms with Gasteiger partial charge in [0.05, 0.1) is 18.5 Å². The summed E-state index contributed by atoms with van der Waals surface area (Å²) < 4.78 is 46.2. The molecule has 0 aliphatic carbocycles. The van der Waals surface area contributed by atoms with Crippen molar-refractivity contribution in [3.63, 3.8) is 0 Å². The van der Waals surface area contributed by atoms with Crippen LogP contribution in [0.3, 0.4) is 0 Å². The number of rotatable bonds is 3. The maximum atomic E-state index is 13.3. The number of hydrogen-bond acceptors (Lipinski definition) is 5. The molecule has 0 N–H and O–H groups in total. The molecule has 1 aromatic carbocycles. The first-order chi connectivity index (χ1) is 13.8. The Hall–Kier alpha value is -3.04. The Morgan fingerprint density at radius 3 is 2.79 bits per heavy atom. The number of carbonyl (C=O) groups is 1. The lowest BCUT2D eigenvalue weighted by molar-refractivity contribution is -0.173. The van der Waals surface area contributed by atoms with Gasteiger partial charge >= 0.3 is 6.18 Å². The number of anilines is 1. The minimum Gasteiger partial charge on any atom is -0.496 e. The Kier molecular flexibility index (Phi) is 4.71. The molecule has 154 valence electrons. The number of ether oxygens (including phenoxy) is 1. The van der Waals surface area contributed by atoms with Crippen LogP contribution in [0.5, 0.6) is 5.75 Å². The van der Waals surface area contributed by atoms with Gasteiger partial charge in [-0.15, -0.1) is 0 Å². The highest BCUT2D eigenvalue weighted by molar-refractivity contribution is 6.08. The molecule has 0 fully saturated rings. The van der Waals surface area contributed by atoms with Crippen LogP contribution in [0.2, 0.25) is 0 Å². The summed E-state index contributed by atoms with van der Waals surface area (Å²) in [6.45, 7) is 1.52. The van der Waals surface area contributed by atoms with Crippen molar-refractivity contribution in [3.05, 3.63) is 41.6 Å². The lowest BCUT2D eigenvalue weighted by atomic mass is 10.0. The molecule has 0 bridgehead atoms. The number of aromatic nitrogens is 2. The molecule has 4 rings (SSSR count). The molecule has 3 heterocycles. The molecule has 2 aromatic rings. The van der Waals surface area contributed by atoms with Gasteiger partial charge < -0.3 is 9.57 Å². The predicted molar refractivity (Wildman–Crippen MR) is 98.0 cm³/mol. The third-order valence-corrected chi connectivity index (χ3v) is 5.04. The van der Waals surface area contributed by atoms with Gasteiger partial charge in [-0.25, -0.2) is 4.68 Å². The van der Waals surface area contributed by atoms with Crippen molar-refractivity contribution in [1.82, 2.24) is 9.78 Å². The number of amides is 1. The molecule has 1 aromatic heterocycles. The molecular weight excluding hydrogens is 389 g/mol. The molecule has 10 heteroatoms. The fraction of sp³-hybridized carbons (Fsp3) is 0.421. The number of halogens is 3. The average molecular weight is 408 g/mol. The van der Waals surface area contributed by atoms with Crippen molar-refractivity contribution in [3.8, 4) is 5.75 Å². The summed E-state index contributed by atoms with van der Waals surface area (Å²) in [4.78, 5) is 19.7. The highest BCUT2D eigenvalue weighted by Gasteiger charge is 2.47. The topological polar surface area (TPSA) is 69.0 Å². The molecule has 0 saturated carbocycles. The first kappa shape index (κ1) is 19.3. The fourth-order valence-electron chi connectivity index (χ4n) is 3.67. The largest absolute Gasteiger partial charge is 0.496 e. The normalized spacial score (nSPS) is 21.4. The van der Waals surface area contributed by atoms with E-state index in [2.05, 4.69) is 10.3 Å². The lowest BCUT2D eigenvalue weighted by Gasteiger charge is -2.34. The number of benzene rings is 1. The first-order valence-electron chi connectivity index (χ1n) is 9.10. The first-order valence-corrected chi connectivity index (χ1v) is 9.10. The second-order valence-electron chi connectivity index (χ2n) is 6.96. The molecular formula is C19H19F3N4O3. The quantitative estimate of drug-likeness (QED) is 0.782. The Bertz CT molecular complexity index is 970. The van der Waals surface area contributed by atoms with Crippen LogP contribution in [0.4, 0.5) is 19.0 Å². The highest BCUT2D eigenvalue weighted by Crippen LogP contribution is 2.40. The Morgan fingerprint density at radius 2 is 2.07 bits per heavy atom. The van der Waals surface area contributed by atoms with E-state index in [4.69, 9.17) is 9.57 Å². The Balaban J connectivity index is 1.55. The van der Waals surface area contributed by atoms with E-state index in [1.165, 1.54) is 18.1 Å². The number of methoxy groups -OCH3 is 1. The number of alkyl halides is 3. The number of hydrogen-bond donors (Lipinski definition) is 0. The van der Waals surface area contributed by atoms with Gasteiger partial charge in [0.15, 0.2) is 6.04 Å². The zero-order valence-electron chi connectivity index (χ0n) is 15.8. The van der Waals surface area contributed by atoms with Crippen LogP contribution < -0.4 is 9.64 Å². The van der Waals surface area contributed by atoms with Crippen LogP contribution in [0.15, 0.2) is 35.5 Å². The van der Waals surface area contributed by atoms with Crippen LogP contribution in [0.25, 0.3) is 0 Å². The molecule has 2 unspecified atom stereocenters. The summed E-state index contributed by atoms with van der Waals surface area (Å²) in [5.41, 5.74) is 1.67. The smallest absolute Gasteiger partial charge is 0.410 e. The third kappa shape index (κ3) is 3.43. The molecule has 2 aliphatic rings. The van der Waals surface area contributed by atoms with Gasteiger partial charge in [-0.05, 0) is 25.5 Å². The summed E-state index contributed by atoms with van der Waals surface area (Å²) in [5, 5.41) is 7.97. The molecule has 2 aliphatic heterocycles. The number of carbonyl (C=O) groups excluding carboxylic acids is 1. The van der Waals surface area contributed by atoms with Crippen LogP contribution in [0.1, 0.15) is 30.1 Å². The standard InChI is InChI=1S/C19H19F3N4O3/c1-11-9-17-25(8-7-16(19(20,21)22)26(17)23-11)18(27)15-10-13(24-29-15)12-5-3-4-6-14(12)28-2/h3-6,9,15-16H,7-8,10H2,1-2H3. The van der Waals surface area contributed by atoms with E-state index < -0.39 is 24.2 Å². The molecule has 0 radical (unpaired) electrons. The van der Waals surface area contributed by atoms with Gasteiger partial charge in [0.1, 0.15) is 11.6 Å². The number of aryl methyl sites for hydroxylation is 1. The predicted octanol–water partition coefficient (Wildman–Crippen LogP) is 3.23. The summed E-state index contributed by atoms with van der Waals surface area (Å²) >= 11 is 0. The number of para-hydroxylation sites is 1. The second kappa shape index (κ2) is 7.09. The second-order valence-corrected chi connectivity index (χ2v) is 6.96. The zero-order chi connectivity index (χ0) is 20.8. The van der Waals surface area contributed by atoms with E-state index in [-0.39, 0.29) is 25.2 Å². The van der Waals surface area contributed by atoms with Crippen molar-refractivity contribution >= 4 is 17.4 Å². The van der Waals surface area contributed by atoms with Crippen molar-refractivity contribution in [2.24, 2.45) is 5.16 Å². The molecule has 29 heavy (non-hydrogen) atoms. The summed E-state index contributed by atoms with van der Waals surface area (Å²) in [7, 11) is 1.53. The molecule has 2 atom stereocenters. The van der Waals surface area contributed by atoms with Gasteiger partial charge in [-0.1, -0.05) is 17.3 Å². The third-order valence-electron chi connectivity index (χ3n) is 5.04. The van der Waals surface area contributed by atoms with Crippen LogP contribution in [-0.4, -0.2) is 47.3 Å². The van der Waals surface area contributed by atoms with Crippen molar-refractivity contribution < 1.29 is 27.5 Å². The number of oxime groups is 1. The molecule has 0 spiro atoms. The van der Waals surface area contributed by atoms with Gasteiger partial charge in [-0.3, -0.25) is 9.69 Å². The van der Waals surface area contributed by atoms with Gasteiger partial charge in [-0.2, -0.15) is 18.3 Å². The molecule has 0 saturated heterocycles. The summed E-state index contributed by atoms with van der Waals surface area (Å²) in [5.74, 6) is 0.276. The van der Waals surface area contributed by atoms with Gasteiger partial charge in [0, 0.05) is 24.6 Å². The summed E-state index contributed by atoms with van der Waals surface area (Å²) in [6.07, 6.45) is -5.42. The number of fused-ring (bicyclic) bond motifs is 1. The van der Waals surface area contributed by atoms with Crippen LogP contribution in [0, 0.1) is 6.92 Å². The average Bonchev–Trinajstić information content (AvgIpc) is 3.32. The van der Waals surface area contributed by atoms with E-state index in [9.17, 15) is 18.0 Å². The van der Waals surface area contributed by atoms with E-state index >= 15 is 0 Å². The zero-order valence-corrected chi connectivity index (χ0v) is 15.8. The SMILES string of the molecule is COc1ccccc1C1=NOC(C(=O)N2CCC(C(F)(F)F)n3nc(C)cc32)C1. The maximum absolute atomic E-state index is 13.3. The van der Waals surface area contributed by atoms with E-state index in [0.717, 1.165) is 4.68 Å².